The summed E-state index contributed by atoms with van der Waals surface area (Å²) in [6, 6.07) is 13.4. The molecule has 0 fully saturated rings. The van der Waals surface area contributed by atoms with Crippen molar-refractivity contribution in [1.82, 2.24) is 0 Å². The molecular formula is C17H15FN2OS2. The highest BCUT2D eigenvalue weighted by molar-refractivity contribution is 8.38. The van der Waals surface area contributed by atoms with Crippen molar-refractivity contribution in [3.8, 4) is 0 Å². The van der Waals surface area contributed by atoms with Gasteiger partial charge in [0, 0.05) is 22.8 Å². The van der Waals surface area contributed by atoms with Crippen LogP contribution in [0.15, 0.2) is 53.5 Å². The molecule has 0 aliphatic carbocycles. The van der Waals surface area contributed by atoms with Gasteiger partial charge in [-0.15, -0.1) is 0 Å². The molecule has 1 aliphatic rings. The number of aliphatic imine (C=N–C) groups is 1. The Morgan fingerprint density at radius 1 is 1.26 bits per heavy atom. The Kier molecular flexibility index (Phi) is 5.35. The largest absolute Gasteiger partial charge is 0.322 e. The minimum Gasteiger partial charge on any atom is -0.322 e. The average molecular weight is 346 g/mol. The highest BCUT2D eigenvalue weighted by Gasteiger charge is 2.14. The third-order valence-electron chi connectivity index (χ3n) is 3.25. The van der Waals surface area contributed by atoms with Crippen molar-refractivity contribution in [3.63, 3.8) is 0 Å². The number of halogens is 1. The Morgan fingerprint density at radius 2 is 2.13 bits per heavy atom. The predicted molar refractivity (Wildman–Crippen MR) is 96.9 cm³/mol. The van der Waals surface area contributed by atoms with Crippen molar-refractivity contribution >= 4 is 39.5 Å². The summed E-state index contributed by atoms with van der Waals surface area (Å²) in [5, 5.41) is 2.74. The van der Waals surface area contributed by atoms with Gasteiger partial charge in [0.2, 0.25) is 0 Å². The van der Waals surface area contributed by atoms with Crippen LogP contribution in [0.1, 0.15) is 15.9 Å². The number of anilines is 1. The third-order valence-corrected chi connectivity index (χ3v) is 5.55. The van der Waals surface area contributed by atoms with E-state index in [1.165, 1.54) is 12.1 Å². The number of amides is 1. The monoisotopic (exact) mass is 346 g/mol. The number of thioether (sulfide) groups is 2. The maximum absolute atomic E-state index is 13.2. The highest BCUT2D eigenvalue weighted by Crippen LogP contribution is 2.26. The second-order valence-corrected chi connectivity index (χ2v) is 7.21. The molecule has 1 N–H and O–H groups in total. The van der Waals surface area contributed by atoms with Crippen LogP contribution in [-0.2, 0) is 5.75 Å². The maximum atomic E-state index is 13.2. The topological polar surface area (TPSA) is 41.5 Å². The zero-order valence-electron chi connectivity index (χ0n) is 12.3. The van der Waals surface area contributed by atoms with Gasteiger partial charge in [0.1, 0.15) is 10.2 Å². The van der Waals surface area contributed by atoms with E-state index in [2.05, 4.69) is 10.3 Å². The average Bonchev–Trinajstić information content (AvgIpc) is 3.06. The van der Waals surface area contributed by atoms with Crippen LogP contribution in [0.4, 0.5) is 10.1 Å². The molecule has 23 heavy (non-hydrogen) atoms. The number of carbonyl (C=O) groups excluding carboxylic acids is 1. The van der Waals surface area contributed by atoms with Crippen LogP contribution < -0.4 is 5.32 Å². The van der Waals surface area contributed by atoms with Gasteiger partial charge >= 0.3 is 0 Å². The van der Waals surface area contributed by atoms with Gasteiger partial charge < -0.3 is 5.32 Å². The zero-order valence-corrected chi connectivity index (χ0v) is 13.9. The third kappa shape index (κ3) is 4.36. The fourth-order valence-corrected chi connectivity index (χ4v) is 4.19. The fraction of sp³-hybridized carbons (Fsp3) is 0.176. The Labute approximate surface area is 142 Å². The van der Waals surface area contributed by atoms with Gasteiger partial charge in [0.25, 0.3) is 5.91 Å². The second-order valence-electron chi connectivity index (χ2n) is 4.91. The van der Waals surface area contributed by atoms with Crippen LogP contribution >= 0.6 is 23.5 Å². The molecule has 0 aromatic heterocycles. The summed E-state index contributed by atoms with van der Waals surface area (Å²) >= 11 is 3.40. The van der Waals surface area contributed by atoms with Crippen molar-refractivity contribution in [2.45, 2.75) is 5.75 Å². The molecule has 3 nitrogen and oxygen atoms in total. The fourth-order valence-electron chi connectivity index (χ4n) is 2.17. The molecule has 1 heterocycles. The first-order chi connectivity index (χ1) is 11.2. The summed E-state index contributed by atoms with van der Waals surface area (Å²) in [6.45, 7) is 0.870. The van der Waals surface area contributed by atoms with E-state index in [-0.39, 0.29) is 11.7 Å². The van der Waals surface area contributed by atoms with E-state index in [9.17, 15) is 9.18 Å². The number of hydrogen-bond donors (Lipinski definition) is 1. The lowest BCUT2D eigenvalue weighted by molar-refractivity contribution is 0.102. The normalized spacial score (nSPS) is 13.7. The summed E-state index contributed by atoms with van der Waals surface area (Å²) in [5.41, 5.74) is 2.00. The van der Waals surface area contributed by atoms with E-state index in [0.29, 0.717) is 17.0 Å². The molecule has 0 unspecified atom stereocenters. The lowest BCUT2D eigenvalue weighted by atomic mass is 10.1. The first kappa shape index (κ1) is 16.1. The molecular weight excluding hydrogens is 331 g/mol. The van der Waals surface area contributed by atoms with Crippen molar-refractivity contribution in [3.05, 3.63) is 65.5 Å². The quantitative estimate of drug-likeness (QED) is 0.891. The number of nitrogens with one attached hydrogen (secondary N) is 1. The van der Waals surface area contributed by atoms with Crippen molar-refractivity contribution in [2.24, 2.45) is 4.99 Å². The molecule has 0 bridgehead atoms. The molecule has 1 aliphatic heterocycles. The zero-order chi connectivity index (χ0) is 16.1. The van der Waals surface area contributed by atoms with E-state index < -0.39 is 0 Å². The van der Waals surface area contributed by atoms with Crippen molar-refractivity contribution in [1.29, 1.82) is 0 Å². The summed E-state index contributed by atoms with van der Waals surface area (Å²) in [7, 11) is 0. The number of hydrogen-bond acceptors (Lipinski definition) is 4. The molecule has 2 aromatic rings. The summed E-state index contributed by atoms with van der Waals surface area (Å²) in [5.74, 6) is 1.12. The highest BCUT2D eigenvalue weighted by atomic mass is 32.2. The van der Waals surface area contributed by atoms with Gasteiger partial charge in [-0.2, -0.15) is 0 Å². The number of carbonyl (C=O) groups is 1. The lowest BCUT2D eigenvalue weighted by Gasteiger charge is -2.10. The Balaban J connectivity index is 1.72. The molecule has 0 saturated heterocycles. The summed E-state index contributed by atoms with van der Waals surface area (Å²) in [6.07, 6.45) is 0. The number of benzene rings is 2. The minimum atomic E-state index is -0.372. The molecule has 118 valence electrons. The van der Waals surface area contributed by atoms with E-state index in [4.69, 9.17) is 0 Å². The number of nitrogens with zero attached hydrogens (tertiary/aromatic N) is 1. The first-order valence-electron chi connectivity index (χ1n) is 7.17. The molecule has 1 amide bonds. The number of rotatable bonds is 4. The van der Waals surface area contributed by atoms with Gasteiger partial charge in [0.15, 0.2) is 0 Å². The van der Waals surface area contributed by atoms with E-state index in [1.807, 2.05) is 18.2 Å². The van der Waals surface area contributed by atoms with Gasteiger partial charge in [-0.3, -0.25) is 9.79 Å². The molecule has 6 heteroatoms. The Morgan fingerprint density at radius 3 is 2.91 bits per heavy atom. The summed E-state index contributed by atoms with van der Waals surface area (Å²) < 4.78 is 14.3. The van der Waals surface area contributed by atoms with E-state index in [1.54, 1.807) is 41.7 Å². The Hall–Kier alpha value is -1.79. The molecule has 0 saturated carbocycles. The van der Waals surface area contributed by atoms with E-state index >= 15 is 0 Å². The predicted octanol–water partition coefficient (Wildman–Crippen LogP) is 4.41. The molecule has 0 radical (unpaired) electrons. The van der Waals surface area contributed by atoms with Gasteiger partial charge in [0.05, 0.1) is 6.54 Å². The van der Waals surface area contributed by atoms with Crippen LogP contribution in [0.3, 0.4) is 0 Å². The lowest BCUT2D eigenvalue weighted by Crippen LogP contribution is -2.14. The van der Waals surface area contributed by atoms with E-state index in [0.717, 1.165) is 22.2 Å². The van der Waals surface area contributed by atoms with Crippen LogP contribution in [0, 0.1) is 5.82 Å². The van der Waals surface area contributed by atoms with Gasteiger partial charge in [-0.1, -0.05) is 47.8 Å². The van der Waals surface area contributed by atoms with Crippen molar-refractivity contribution in [2.75, 3.05) is 17.6 Å². The van der Waals surface area contributed by atoms with Crippen LogP contribution in [0.5, 0.6) is 0 Å². The first-order valence-corrected chi connectivity index (χ1v) is 9.14. The van der Waals surface area contributed by atoms with Crippen LogP contribution in [0.2, 0.25) is 0 Å². The van der Waals surface area contributed by atoms with Crippen LogP contribution in [-0.4, -0.2) is 22.6 Å². The standard InChI is InChI=1S/C17H15FN2OS2/c18-13-5-3-6-14(10-13)20-16(21)15-7-2-1-4-12(15)11-23-17-19-8-9-22-17/h1-7,10H,8-9,11H2,(H,20,21). The maximum Gasteiger partial charge on any atom is 0.255 e. The molecule has 2 aromatic carbocycles. The second kappa shape index (κ2) is 7.66. The molecule has 3 rings (SSSR count). The Bertz CT molecular complexity index is 749. The molecule has 0 spiro atoms. The summed E-state index contributed by atoms with van der Waals surface area (Å²) in [4.78, 5) is 16.9. The SMILES string of the molecule is O=C(Nc1cccc(F)c1)c1ccccc1CSC1=NCCS1. The molecule has 0 atom stereocenters. The van der Waals surface area contributed by atoms with Crippen LogP contribution in [0.25, 0.3) is 0 Å². The minimum absolute atomic E-state index is 0.229. The smallest absolute Gasteiger partial charge is 0.255 e. The van der Waals surface area contributed by atoms with Gasteiger partial charge in [-0.25, -0.2) is 4.39 Å². The van der Waals surface area contributed by atoms with Crippen molar-refractivity contribution < 1.29 is 9.18 Å². The van der Waals surface area contributed by atoms with Gasteiger partial charge in [-0.05, 0) is 29.8 Å².